The predicted octanol–water partition coefficient (Wildman–Crippen LogP) is 5.71. The molecule has 2 aromatic carbocycles. The fourth-order valence-corrected chi connectivity index (χ4v) is 2.26. The molecule has 0 aliphatic rings. The molecule has 1 nitrogen and oxygen atoms in total. The standard InChI is InChI=1S/C16H8F11N/c17-10-9(11(18)13(20)14(21)12(10)19)5-28-4-6-1-7(15(22,23)24)3-8(2-6)16(25,26)27/h1-3,28H,4-5H2. The molecule has 12 heteroatoms. The van der Waals surface area contributed by atoms with Gasteiger partial charge in [-0.15, -0.1) is 0 Å². The largest absolute Gasteiger partial charge is 0.416 e. The number of alkyl halides is 6. The van der Waals surface area contributed by atoms with Crippen LogP contribution in [0.1, 0.15) is 22.3 Å². The Labute approximate surface area is 149 Å². The molecular weight excluding hydrogens is 415 g/mol. The molecule has 2 aromatic rings. The van der Waals surface area contributed by atoms with Crippen molar-refractivity contribution in [3.63, 3.8) is 0 Å². The third-order valence-corrected chi connectivity index (χ3v) is 3.58. The summed E-state index contributed by atoms with van der Waals surface area (Å²) in [6.07, 6.45) is -10.2. The fourth-order valence-electron chi connectivity index (χ4n) is 2.26. The van der Waals surface area contributed by atoms with Gasteiger partial charge in [-0.1, -0.05) is 0 Å². The first-order valence-electron chi connectivity index (χ1n) is 7.23. The van der Waals surface area contributed by atoms with Crippen LogP contribution in [0.3, 0.4) is 0 Å². The van der Waals surface area contributed by atoms with E-state index in [1.807, 2.05) is 0 Å². The van der Waals surface area contributed by atoms with Gasteiger partial charge in [-0.3, -0.25) is 0 Å². The lowest BCUT2D eigenvalue weighted by atomic mass is 10.0. The number of halogens is 11. The van der Waals surface area contributed by atoms with E-state index in [0.717, 1.165) is 0 Å². The Bertz CT molecular complexity index is 822. The van der Waals surface area contributed by atoms with Gasteiger partial charge in [0.25, 0.3) is 0 Å². The lowest BCUT2D eigenvalue weighted by Gasteiger charge is -2.15. The second-order valence-corrected chi connectivity index (χ2v) is 5.57. The molecule has 0 radical (unpaired) electrons. The number of benzene rings is 2. The second kappa shape index (κ2) is 7.57. The maximum atomic E-state index is 13.5. The van der Waals surface area contributed by atoms with E-state index in [1.54, 1.807) is 0 Å². The van der Waals surface area contributed by atoms with Crippen molar-refractivity contribution in [3.8, 4) is 0 Å². The van der Waals surface area contributed by atoms with Crippen molar-refractivity contribution < 1.29 is 48.3 Å². The Kier molecular flexibility index (Phi) is 5.93. The lowest BCUT2D eigenvalue weighted by Crippen LogP contribution is -2.19. The van der Waals surface area contributed by atoms with E-state index in [-0.39, 0.29) is 6.07 Å². The molecule has 0 heterocycles. The molecular formula is C16H8F11N. The van der Waals surface area contributed by atoms with Crippen LogP contribution in [0, 0.1) is 29.1 Å². The van der Waals surface area contributed by atoms with Gasteiger partial charge in [-0.05, 0) is 23.8 Å². The number of hydrogen-bond acceptors (Lipinski definition) is 1. The molecule has 1 N–H and O–H groups in total. The van der Waals surface area contributed by atoms with Crippen molar-refractivity contribution in [1.29, 1.82) is 0 Å². The van der Waals surface area contributed by atoms with Crippen LogP contribution >= 0.6 is 0 Å². The highest BCUT2D eigenvalue weighted by atomic mass is 19.4. The van der Waals surface area contributed by atoms with Crippen LogP contribution in [0.4, 0.5) is 48.3 Å². The third kappa shape index (κ3) is 4.54. The maximum absolute atomic E-state index is 13.5. The highest BCUT2D eigenvalue weighted by molar-refractivity contribution is 5.33. The molecule has 0 saturated carbocycles. The zero-order chi connectivity index (χ0) is 21.4. The second-order valence-electron chi connectivity index (χ2n) is 5.57. The first-order valence-corrected chi connectivity index (χ1v) is 7.23. The zero-order valence-corrected chi connectivity index (χ0v) is 13.3. The fraction of sp³-hybridized carbons (Fsp3) is 0.250. The van der Waals surface area contributed by atoms with E-state index in [4.69, 9.17) is 0 Å². The summed E-state index contributed by atoms with van der Waals surface area (Å²) in [5.74, 6) is -11.2. The topological polar surface area (TPSA) is 12.0 Å². The van der Waals surface area contributed by atoms with E-state index in [2.05, 4.69) is 5.32 Å². The molecule has 0 bridgehead atoms. The van der Waals surface area contributed by atoms with Gasteiger partial charge >= 0.3 is 12.4 Å². The molecule has 0 unspecified atom stereocenters. The predicted molar refractivity (Wildman–Crippen MR) is 73.2 cm³/mol. The summed E-state index contributed by atoms with van der Waals surface area (Å²) in [4.78, 5) is 0. The van der Waals surface area contributed by atoms with Crippen molar-refractivity contribution in [2.45, 2.75) is 25.4 Å². The van der Waals surface area contributed by atoms with E-state index < -0.39 is 76.8 Å². The zero-order valence-electron chi connectivity index (χ0n) is 13.3. The summed E-state index contributed by atoms with van der Waals surface area (Å²) in [5.41, 5.74) is -5.10. The summed E-state index contributed by atoms with van der Waals surface area (Å²) in [6, 6.07) is 0.606. The van der Waals surface area contributed by atoms with Crippen LogP contribution in [0.2, 0.25) is 0 Å². The molecule has 154 valence electrons. The Morgan fingerprint density at radius 2 is 0.964 bits per heavy atom. The molecule has 0 fully saturated rings. The smallest absolute Gasteiger partial charge is 0.308 e. The molecule has 28 heavy (non-hydrogen) atoms. The molecule has 0 saturated heterocycles. The van der Waals surface area contributed by atoms with Crippen molar-refractivity contribution >= 4 is 0 Å². The highest BCUT2D eigenvalue weighted by Crippen LogP contribution is 2.36. The number of nitrogens with one attached hydrogen (secondary N) is 1. The van der Waals surface area contributed by atoms with Gasteiger partial charge in [0.2, 0.25) is 5.82 Å². The Morgan fingerprint density at radius 3 is 1.36 bits per heavy atom. The van der Waals surface area contributed by atoms with Crippen molar-refractivity contribution in [1.82, 2.24) is 5.32 Å². The van der Waals surface area contributed by atoms with Crippen LogP contribution in [0.5, 0.6) is 0 Å². The summed E-state index contributed by atoms with van der Waals surface area (Å²) in [7, 11) is 0. The Morgan fingerprint density at radius 1 is 0.571 bits per heavy atom. The quantitative estimate of drug-likeness (QED) is 0.378. The van der Waals surface area contributed by atoms with Gasteiger partial charge in [0.15, 0.2) is 23.3 Å². The maximum Gasteiger partial charge on any atom is 0.416 e. The van der Waals surface area contributed by atoms with Crippen LogP contribution < -0.4 is 5.32 Å². The van der Waals surface area contributed by atoms with Crippen molar-refractivity contribution in [2.75, 3.05) is 0 Å². The van der Waals surface area contributed by atoms with Crippen molar-refractivity contribution in [3.05, 3.63) is 69.5 Å². The molecule has 2 rings (SSSR count). The van der Waals surface area contributed by atoms with Gasteiger partial charge in [-0.2, -0.15) is 26.3 Å². The summed E-state index contributed by atoms with van der Waals surface area (Å²) in [6.45, 7) is -1.81. The van der Waals surface area contributed by atoms with E-state index in [9.17, 15) is 48.3 Å². The minimum Gasteiger partial charge on any atom is -0.308 e. The first kappa shape index (κ1) is 21.9. The Hall–Kier alpha value is -2.37. The molecule has 0 aliphatic carbocycles. The lowest BCUT2D eigenvalue weighted by molar-refractivity contribution is -0.143. The minimum absolute atomic E-state index is 0.117. The minimum atomic E-state index is -5.10. The van der Waals surface area contributed by atoms with Crippen LogP contribution in [0.15, 0.2) is 18.2 Å². The van der Waals surface area contributed by atoms with Gasteiger partial charge in [-0.25, -0.2) is 22.0 Å². The number of rotatable bonds is 4. The summed E-state index contributed by atoms with van der Waals surface area (Å²) >= 11 is 0. The van der Waals surface area contributed by atoms with Crippen LogP contribution in [0.25, 0.3) is 0 Å². The van der Waals surface area contributed by atoms with E-state index in [1.165, 1.54) is 0 Å². The molecule has 0 amide bonds. The van der Waals surface area contributed by atoms with Gasteiger partial charge in [0.05, 0.1) is 11.1 Å². The van der Waals surface area contributed by atoms with E-state index in [0.29, 0.717) is 12.1 Å². The van der Waals surface area contributed by atoms with Crippen molar-refractivity contribution in [2.24, 2.45) is 0 Å². The van der Waals surface area contributed by atoms with Gasteiger partial charge < -0.3 is 5.32 Å². The first-order chi connectivity index (χ1) is 12.7. The van der Waals surface area contributed by atoms with Gasteiger partial charge in [0.1, 0.15) is 0 Å². The third-order valence-electron chi connectivity index (χ3n) is 3.58. The molecule has 0 aromatic heterocycles. The summed E-state index contributed by atoms with van der Waals surface area (Å²) in [5, 5.41) is 2.06. The SMILES string of the molecule is Fc1c(F)c(F)c(CNCc2cc(C(F)(F)F)cc(C(F)(F)F)c2)c(F)c1F. The van der Waals surface area contributed by atoms with E-state index >= 15 is 0 Å². The van der Waals surface area contributed by atoms with Crippen LogP contribution in [-0.4, -0.2) is 0 Å². The average molecular weight is 423 g/mol. The molecule has 0 aliphatic heterocycles. The number of hydrogen-bond donors (Lipinski definition) is 1. The molecule has 0 atom stereocenters. The normalized spacial score (nSPS) is 12.5. The molecule has 0 spiro atoms. The highest BCUT2D eigenvalue weighted by Gasteiger charge is 2.36. The van der Waals surface area contributed by atoms with Crippen LogP contribution in [-0.2, 0) is 25.4 Å². The Balaban J connectivity index is 2.29. The van der Waals surface area contributed by atoms with Gasteiger partial charge in [0, 0.05) is 18.7 Å². The monoisotopic (exact) mass is 423 g/mol. The summed E-state index contributed by atoms with van der Waals surface area (Å²) < 4.78 is 143. The average Bonchev–Trinajstić information content (AvgIpc) is 2.59.